The van der Waals surface area contributed by atoms with Gasteiger partial charge in [0, 0.05) is 27.2 Å². The standard InChI is InChI=1S/C21H17NO/c1-21(2)12-11-16-19-18(15-9-5-6-10-17(15)22-19)13-7-3-4-8-14(13)20(16)23-21/h3-12,22H,1-2H3. The first-order valence-corrected chi connectivity index (χ1v) is 7.97. The normalized spacial score (nSPS) is 15.9. The number of hydrogen-bond donors (Lipinski definition) is 1. The Kier molecular flexibility index (Phi) is 2.31. The summed E-state index contributed by atoms with van der Waals surface area (Å²) in [6, 6.07) is 17.0. The highest BCUT2D eigenvalue weighted by Crippen LogP contribution is 2.44. The summed E-state index contributed by atoms with van der Waals surface area (Å²) in [7, 11) is 0. The quantitative estimate of drug-likeness (QED) is 0.445. The average molecular weight is 299 g/mol. The predicted octanol–water partition coefficient (Wildman–Crippen LogP) is 5.66. The monoisotopic (exact) mass is 299 g/mol. The van der Waals surface area contributed by atoms with E-state index < -0.39 is 0 Å². The van der Waals surface area contributed by atoms with Gasteiger partial charge >= 0.3 is 0 Å². The van der Waals surface area contributed by atoms with Crippen molar-refractivity contribution in [2.24, 2.45) is 0 Å². The topological polar surface area (TPSA) is 25.0 Å². The van der Waals surface area contributed by atoms with Crippen LogP contribution in [0.25, 0.3) is 38.7 Å². The van der Waals surface area contributed by atoms with Gasteiger partial charge in [0.15, 0.2) is 0 Å². The third kappa shape index (κ3) is 1.69. The van der Waals surface area contributed by atoms with Gasteiger partial charge in [-0.05, 0) is 37.5 Å². The van der Waals surface area contributed by atoms with E-state index in [1.807, 2.05) is 0 Å². The molecule has 0 saturated carbocycles. The van der Waals surface area contributed by atoms with Crippen molar-refractivity contribution in [3.05, 3.63) is 60.2 Å². The molecule has 1 aliphatic heterocycles. The number of hydrogen-bond acceptors (Lipinski definition) is 1. The number of ether oxygens (including phenoxy) is 1. The van der Waals surface area contributed by atoms with Crippen LogP contribution >= 0.6 is 0 Å². The van der Waals surface area contributed by atoms with Crippen LogP contribution in [0.5, 0.6) is 5.75 Å². The summed E-state index contributed by atoms with van der Waals surface area (Å²) < 4.78 is 6.33. The van der Waals surface area contributed by atoms with E-state index in [9.17, 15) is 0 Å². The Morgan fingerprint density at radius 2 is 1.57 bits per heavy atom. The van der Waals surface area contributed by atoms with E-state index in [2.05, 4.69) is 79.5 Å². The maximum Gasteiger partial charge on any atom is 0.137 e. The molecule has 4 aromatic rings. The molecular weight excluding hydrogens is 282 g/mol. The van der Waals surface area contributed by atoms with Gasteiger partial charge in [-0.1, -0.05) is 42.5 Å². The van der Waals surface area contributed by atoms with Gasteiger partial charge in [-0.25, -0.2) is 0 Å². The number of aromatic nitrogens is 1. The molecule has 0 unspecified atom stereocenters. The Labute approximate surface area is 134 Å². The lowest BCUT2D eigenvalue weighted by Gasteiger charge is -2.29. The van der Waals surface area contributed by atoms with Crippen molar-refractivity contribution < 1.29 is 4.74 Å². The Hall–Kier alpha value is -2.74. The smallest absolute Gasteiger partial charge is 0.137 e. The minimum atomic E-state index is -0.282. The van der Waals surface area contributed by atoms with Crippen LogP contribution in [-0.2, 0) is 0 Å². The van der Waals surface area contributed by atoms with Gasteiger partial charge in [0.05, 0.1) is 5.52 Å². The molecule has 0 aliphatic carbocycles. The number of rotatable bonds is 0. The van der Waals surface area contributed by atoms with Crippen LogP contribution in [0.15, 0.2) is 54.6 Å². The summed E-state index contributed by atoms with van der Waals surface area (Å²) in [6.45, 7) is 4.19. The molecule has 0 spiro atoms. The molecule has 0 saturated heterocycles. The average Bonchev–Trinajstić information content (AvgIpc) is 2.94. The zero-order valence-electron chi connectivity index (χ0n) is 13.2. The predicted molar refractivity (Wildman–Crippen MR) is 97.1 cm³/mol. The lowest BCUT2D eigenvalue weighted by molar-refractivity contribution is 0.162. The highest BCUT2D eigenvalue weighted by molar-refractivity contribution is 6.24. The van der Waals surface area contributed by atoms with Crippen molar-refractivity contribution in [1.29, 1.82) is 0 Å². The molecule has 2 nitrogen and oxygen atoms in total. The third-order valence-corrected chi connectivity index (χ3v) is 4.68. The second-order valence-corrected chi connectivity index (χ2v) is 6.75. The van der Waals surface area contributed by atoms with E-state index in [0.717, 1.165) is 16.8 Å². The molecule has 0 radical (unpaired) electrons. The zero-order valence-corrected chi connectivity index (χ0v) is 13.2. The Bertz CT molecular complexity index is 1120. The van der Waals surface area contributed by atoms with Gasteiger partial charge in [-0.2, -0.15) is 0 Å². The Balaban J connectivity index is 2.07. The number of nitrogens with one attached hydrogen (secondary N) is 1. The maximum absolute atomic E-state index is 6.33. The van der Waals surface area contributed by atoms with E-state index in [0.29, 0.717) is 0 Å². The first kappa shape index (κ1) is 12.8. The molecule has 0 fully saturated rings. The first-order chi connectivity index (χ1) is 11.1. The van der Waals surface area contributed by atoms with Crippen molar-refractivity contribution in [2.75, 3.05) is 0 Å². The third-order valence-electron chi connectivity index (χ3n) is 4.68. The summed E-state index contributed by atoms with van der Waals surface area (Å²) in [5, 5.41) is 4.96. The summed E-state index contributed by atoms with van der Waals surface area (Å²) in [5.41, 5.74) is 3.19. The van der Waals surface area contributed by atoms with Gasteiger partial charge in [-0.3, -0.25) is 0 Å². The van der Waals surface area contributed by atoms with E-state index >= 15 is 0 Å². The molecule has 3 aromatic carbocycles. The number of fused-ring (bicyclic) bond motifs is 8. The van der Waals surface area contributed by atoms with Gasteiger partial charge < -0.3 is 9.72 Å². The number of H-pyrrole nitrogens is 1. The molecule has 0 bridgehead atoms. The minimum Gasteiger partial charge on any atom is -0.482 e. The lowest BCUT2D eigenvalue weighted by atomic mass is 9.95. The van der Waals surface area contributed by atoms with Gasteiger partial charge in [0.25, 0.3) is 0 Å². The van der Waals surface area contributed by atoms with E-state index in [1.165, 1.54) is 27.1 Å². The van der Waals surface area contributed by atoms with Gasteiger partial charge in [0.1, 0.15) is 11.4 Å². The van der Waals surface area contributed by atoms with Crippen LogP contribution in [-0.4, -0.2) is 10.6 Å². The fourth-order valence-corrected chi connectivity index (χ4v) is 3.63. The van der Waals surface area contributed by atoms with Crippen LogP contribution in [0.2, 0.25) is 0 Å². The SMILES string of the molecule is CC1(C)C=Cc2c(c3ccccc3c3c2[nH]c2ccccc23)O1. The summed E-state index contributed by atoms with van der Waals surface area (Å²) in [5.74, 6) is 0.979. The molecule has 2 heterocycles. The van der Waals surface area contributed by atoms with Crippen molar-refractivity contribution in [3.8, 4) is 5.75 Å². The molecule has 2 heteroatoms. The molecule has 1 aromatic heterocycles. The zero-order chi connectivity index (χ0) is 15.6. The second-order valence-electron chi connectivity index (χ2n) is 6.75. The molecule has 0 amide bonds. The van der Waals surface area contributed by atoms with Crippen LogP contribution in [0.4, 0.5) is 0 Å². The molecule has 112 valence electrons. The molecule has 1 aliphatic rings. The van der Waals surface area contributed by atoms with Crippen LogP contribution < -0.4 is 4.74 Å². The first-order valence-electron chi connectivity index (χ1n) is 7.97. The molecule has 1 N–H and O–H groups in total. The summed E-state index contributed by atoms with van der Waals surface area (Å²) in [4.78, 5) is 3.59. The number of aromatic amines is 1. The molecule has 23 heavy (non-hydrogen) atoms. The maximum atomic E-state index is 6.33. The van der Waals surface area contributed by atoms with Crippen LogP contribution in [0.3, 0.4) is 0 Å². The van der Waals surface area contributed by atoms with Crippen molar-refractivity contribution in [1.82, 2.24) is 4.98 Å². The van der Waals surface area contributed by atoms with Crippen molar-refractivity contribution in [3.63, 3.8) is 0 Å². The van der Waals surface area contributed by atoms with Crippen LogP contribution in [0, 0.1) is 0 Å². The summed E-state index contributed by atoms with van der Waals surface area (Å²) >= 11 is 0. The van der Waals surface area contributed by atoms with E-state index in [-0.39, 0.29) is 5.60 Å². The Morgan fingerprint density at radius 1 is 0.870 bits per heavy atom. The Morgan fingerprint density at radius 3 is 2.39 bits per heavy atom. The van der Waals surface area contributed by atoms with Crippen molar-refractivity contribution >= 4 is 38.7 Å². The summed E-state index contributed by atoms with van der Waals surface area (Å²) in [6.07, 6.45) is 4.33. The highest BCUT2D eigenvalue weighted by atomic mass is 16.5. The largest absolute Gasteiger partial charge is 0.482 e. The number of benzene rings is 3. The fourth-order valence-electron chi connectivity index (χ4n) is 3.63. The van der Waals surface area contributed by atoms with Gasteiger partial charge in [0.2, 0.25) is 0 Å². The van der Waals surface area contributed by atoms with E-state index in [4.69, 9.17) is 4.74 Å². The van der Waals surface area contributed by atoms with Gasteiger partial charge in [-0.15, -0.1) is 0 Å². The molecule has 0 atom stereocenters. The fraction of sp³-hybridized carbons (Fsp3) is 0.143. The molecule has 5 rings (SSSR count). The van der Waals surface area contributed by atoms with Crippen LogP contribution in [0.1, 0.15) is 19.4 Å². The second kappa shape index (κ2) is 4.17. The molecular formula is C21H17NO. The van der Waals surface area contributed by atoms with E-state index in [1.54, 1.807) is 0 Å². The highest BCUT2D eigenvalue weighted by Gasteiger charge is 2.26. The van der Waals surface area contributed by atoms with Crippen molar-refractivity contribution in [2.45, 2.75) is 19.4 Å². The minimum absolute atomic E-state index is 0.282. The number of para-hydroxylation sites is 1. The lowest BCUT2D eigenvalue weighted by Crippen LogP contribution is -2.27.